The van der Waals surface area contributed by atoms with Crippen LogP contribution in [0.1, 0.15) is 0 Å². The van der Waals surface area contributed by atoms with E-state index in [4.69, 9.17) is 10.2 Å². The average molecular weight is 150 g/mol. The van der Waals surface area contributed by atoms with Crippen molar-refractivity contribution in [1.82, 2.24) is 0 Å². The predicted molar refractivity (Wildman–Crippen MR) is 33.5 cm³/mol. The van der Waals surface area contributed by atoms with Crippen molar-refractivity contribution in [2.45, 2.75) is 12.2 Å². The van der Waals surface area contributed by atoms with E-state index >= 15 is 0 Å². The molecule has 1 aliphatic heterocycles. The summed E-state index contributed by atoms with van der Waals surface area (Å²) in [5.74, 6) is 0. The quantitative estimate of drug-likeness (QED) is 0.363. The fourth-order valence-corrected chi connectivity index (χ4v) is 0.622. The van der Waals surface area contributed by atoms with Gasteiger partial charge in [-0.25, -0.2) is 0 Å². The number of carbonyl (C=O) groups excluding carboxylic acids is 2. The van der Waals surface area contributed by atoms with Crippen LogP contribution in [0.4, 0.5) is 0 Å². The summed E-state index contributed by atoms with van der Waals surface area (Å²) in [5, 5.41) is 17.2. The van der Waals surface area contributed by atoms with Gasteiger partial charge in [0, 0.05) is 29.6 Å². The van der Waals surface area contributed by atoms with E-state index in [-0.39, 0.29) is 29.6 Å². The van der Waals surface area contributed by atoms with Gasteiger partial charge in [-0.2, -0.15) is 0 Å². The molecule has 1 saturated heterocycles. The van der Waals surface area contributed by atoms with E-state index in [2.05, 4.69) is 0 Å². The third-order valence-corrected chi connectivity index (χ3v) is 1.17. The summed E-state index contributed by atoms with van der Waals surface area (Å²) in [6.07, 6.45) is -3.06. The summed E-state index contributed by atoms with van der Waals surface area (Å²) in [5.41, 5.74) is -1.43. The zero-order valence-corrected chi connectivity index (χ0v) is 7.44. The van der Waals surface area contributed by atoms with Gasteiger partial charge in [-0.15, -0.1) is 0 Å². The summed E-state index contributed by atoms with van der Waals surface area (Å²) in [6.45, 7) is 0. The minimum Gasteiger partial charge on any atom is -0.383 e. The van der Waals surface area contributed by atoms with Crippen LogP contribution in [0, 0.1) is 0 Å². The van der Waals surface area contributed by atoms with E-state index in [0.717, 1.165) is 0 Å². The Balaban J connectivity index is 0.000000810. The van der Waals surface area contributed by atoms with Crippen LogP contribution in [-0.2, 0) is 9.59 Å². The number of carbonyl (C=O) groups is 2. The number of hydrogen-bond donors (Lipinski definition) is 2. The van der Waals surface area contributed by atoms with Gasteiger partial charge in [-0.05, 0) is 0 Å². The average Bonchev–Trinajstić information content (AvgIpc) is 1.98. The summed E-state index contributed by atoms with van der Waals surface area (Å²) in [7, 11) is 0.704. The van der Waals surface area contributed by atoms with E-state index in [1.807, 2.05) is 0 Å². The summed E-state index contributed by atoms with van der Waals surface area (Å²) >= 11 is 0. The van der Waals surface area contributed by atoms with E-state index in [1.54, 1.807) is 0 Å². The van der Waals surface area contributed by atoms with Gasteiger partial charge in [0.15, 0.2) is 0 Å². The van der Waals surface area contributed by atoms with Crippen molar-refractivity contribution in [3.8, 4) is 0 Å². The SMILES string of the molecule is O=C1[B]C(=O)C(O)C1O.[Na]. The Hall–Kier alpha value is 0.325. The second-order valence-electron chi connectivity index (χ2n) is 1.84. The van der Waals surface area contributed by atoms with Gasteiger partial charge in [0.25, 0.3) is 7.28 Å². The molecule has 0 aromatic rings. The Bertz CT molecular complexity index is 153. The van der Waals surface area contributed by atoms with Gasteiger partial charge in [0.1, 0.15) is 23.6 Å². The molecule has 0 aliphatic carbocycles. The molecule has 2 N–H and O–H groups in total. The van der Waals surface area contributed by atoms with Crippen LogP contribution in [0.25, 0.3) is 0 Å². The largest absolute Gasteiger partial charge is 0.383 e. The van der Waals surface area contributed by atoms with E-state index in [1.165, 1.54) is 0 Å². The van der Waals surface area contributed by atoms with Crippen molar-refractivity contribution in [2.24, 2.45) is 0 Å². The molecule has 6 heteroatoms. The zero-order chi connectivity index (χ0) is 7.02. The molecule has 0 amide bonds. The first-order chi connectivity index (χ1) is 4.13. The molecule has 2 atom stereocenters. The fourth-order valence-electron chi connectivity index (χ4n) is 0.622. The van der Waals surface area contributed by atoms with Gasteiger partial charge in [0.2, 0.25) is 0 Å². The molecule has 2 radical (unpaired) electrons. The van der Waals surface area contributed by atoms with Crippen LogP contribution in [0.5, 0.6) is 0 Å². The first-order valence-electron chi connectivity index (χ1n) is 2.41. The van der Waals surface area contributed by atoms with Gasteiger partial charge in [0.05, 0.1) is 0 Å². The van der Waals surface area contributed by atoms with Crippen LogP contribution in [-0.4, -0.2) is 70.6 Å². The van der Waals surface area contributed by atoms with Crippen LogP contribution in [0.3, 0.4) is 0 Å². The van der Waals surface area contributed by atoms with Crippen LogP contribution < -0.4 is 0 Å². The maximum Gasteiger partial charge on any atom is 0.298 e. The van der Waals surface area contributed by atoms with Crippen molar-refractivity contribution in [3.05, 3.63) is 0 Å². The molecule has 1 fully saturated rings. The molecule has 48 valence electrons. The van der Waals surface area contributed by atoms with Gasteiger partial charge in [-0.3, -0.25) is 0 Å². The van der Waals surface area contributed by atoms with Crippen LogP contribution in [0.15, 0.2) is 0 Å². The van der Waals surface area contributed by atoms with Crippen molar-refractivity contribution in [3.63, 3.8) is 0 Å². The molecule has 0 saturated carbocycles. The van der Waals surface area contributed by atoms with Crippen LogP contribution >= 0.6 is 0 Å². The number of hydrogen-bond acceptors (Lipinski definition) is 4. The number of rotatable bonds is 0. The van der Waals surface area contributed by atoms with Crippen molar-refractivity contribution in [2.75, 3.05) is 0 Å². The van der Waals surface area contributed by atoms with E-state index in [9.17, 15) is 9.59 Å². The standard InChI is InChI=1S/C4H4BO4.Na/c6-1-2(7)4(9)5-3(1)8;/h1-2,6-7H;. The molecule has 1 rings (SSSR count). The van der Waals surface area contributed by atoms with Crippen molar-refractivity contribution in [1.29, 1.82) is 0 Å². The fraction of sp³-hybridized carbons (Fsp3) is 0.500. The minimum atomic E-state index is -1.53. The van der Waals surface area contributed by atoms with Gasteiger partial charge in [-0.1, -0.05) is 0 Å². The summed E-state index contributed by atoms with van der Waals surface area (Å²) in [4.78, 5) is 20.6. The maximum atomic E-state index is 10.3. The van der Waals surface area contributed by atoms with Gasteiger partial charge >= 0.3 is 0 Å². The molecular weight excluding hydrogens is 146 g/mol. The molecule has 10 heavy (non-hydrogen) atoms. The third-order valence-electron chi connectivity index (χ3n) is 1.17. The Morgan fingerprint density at radius 2 is 1.40 bits per heavy atom. The molecule has 1 aliphatic rings. The first kappa shape index (κ1) is 10.3. The minimum absolute atomic E-state index is 0. The molecule has 0 spiro atoms. The normalized spacial score (nSPS) is 31.4. The second-order valence-corrected chi connectivity index (χ2v) is 1.84. The van der Waals surface area contributed by atoms with Crippen LogP contribution in [0.2, 0.25) is 0 Å². The molecule has 4 nitrogen and oxygen atoms in total. The zero-order valence-electron chi connectivity index (χ0n) is 5.44. The summed E-state index contributed by atoms with van der Waals surface area (Å²) in [6, 6.07) is 0. The first-order valence-corrected chi connectivity index (χ1v) is 2.41. The Kier molecular flexibility index (Phi) is 3.76. The van der Waals surface area contributed by atoms with Crippen molar-refractivity contribution >= 4 is 48.2 Å². The summed E-state index contributed by atoms with van der Waals surface area (Å²) < 4.78 is 0. The molecule has 1 heterocycles. The number of aliphatic hydroxyl groups excluding tert-OH is 2. The molecular formula is C4H4BNaO4. The Labute approximate surface area is 80.1 Å². The number of aliphatic hydroxyl groups is 2. The molecule has 0 aromatic carbocycles. The van der Waals surface area contributed by atoms with Crippen molar-refractivity contribution < 1.29 is 19.8 Å². The maximum absolute atomic E-state index is 10.3. The Morgan fingerprint density at radius 1 is 1.10 bits per heavy atom. The molecule has 0 aromatic heterocycles. The molecule has 2 unspecified atom stereocenters. The topological polar surface area (TPSA) is 74.6 Å². The van der Waals surface area contributed by atoms with E-state index < -0.39 is 23.6 Å². The smallest absolute Gasteiger partial charge is 0.298 e. The van der Waals surface area contributed by atoms with E-state index in [0.29, 0.717) is 7.28 Å². The third kappa shape index (κ3) is 1.68. The van der Waals surface area contributed by atoms with Gasteiger partial charge < -0.3 is 19.8 Å². The monoisotopic (exact) mass is 150 g/mol. The molecule has 0 bridgehead atoms. The predicted octanol–water partition coefficient (Wildman–Crippen LogP) is -2.90. The second kappa shape index (κ2) is 3.64. The Morgan fingerprint density at radius 3 is 1.50 bits per heavy atom.